The molecule has 1 N–H and O–H groups in total. The average Bonchev–Trinajstić information content (AvgIpc) is 3.08. The average molecular weight is 425 g/mol. The Bertz CT molecular complexity index is 1150. The number of aryl methyl sites for hydroxylation is 1. The minimum absolute atomic E-state index is 0.103. The summed E-state index contributed by atoms with van der Waals surface area (Å²) >= 11 is 0. The fourth-order valence-corrected chi connectivity index (χ4v) is 3.28. The number of pyridine rings is 3. The zero-order valence-corrected chi connectivity index (χ0v) is 17.3. The Morgan fingerprint density at radius 1 is 0.935 bits per heavy atom. The molecule has 0 fully saturated rings. The summed E-state index contributed by atoms with van der Waals surface area (Å²) < 4.78 is 30.0. The van der Waals surface area contributed by atoms with Gasteiger partial charge in [-0.05, 0) is 24.3 Å². The number of aromatic nitrogens is 4. The summed E-state index contributed by atoms with van der Waals surface area (Å²) in [5.74, 6) is 1.99. The molecule has 162 valence electrons. The maximum Gasteiger partial charge on any atom is 0.143 e. The number of nitrogens with one attached hydrogen (secondary N) is 1. The van der Waals surface area contributed by atoms with Crippen LogP contribution in [0, 0.1) is 0 Å². The Balaban J connectivity index is 1.36. The van der Waals surface area contributed by atoms with Crippen LogP contribution in [0.1, 0.15) is 0 Å². The second-order valence-corrected chi connectivity index (χ2v) is 6.78. The molecular formula is C22H24FN5O3. The molecule has 0 aliphatic rings. The highest BCUT2D eigenvalue weighted by atomic mass is 19.1. The van der Waals surface area contributed by atoms with Crippen molar-refractivity contribution >= 4 is 33.6 Å². The van der Waals surface area contributed by atoms with E-state index in [4.69, 9.17) is 19.2 Å². The fourth-order valence-electron chi connectivity index (χ4n) is 3.28. The predicted octanol–water partition coefficient (Wildman–Crippen LogP) is 3.64. The topological polar surface area (TPSA) is 83.3 Å². The van der Waals surface area contributed by atoms with Gasteiger partial charge in [0, 0.05) is 42.5 Å². The van der Waals surface area contributed by atoms with Gasteiger partial charge in [-0.3, -0.25) is 4.98 Å². The predicted molar refractivity (Wildman–Crippen MR) is 117 cm³/mol. The number of fused-ring (bicyclic) bond motifs is 3. The lowest BCUT2D eigenvalue weighted by Crippen LogP contribution is -2.11. The van der Waals surface area contributed by atoms with Crippen molar-refractivity contribution in [2.45, 2.75) is 0 Å². The van der Waals surface area contributed by atoms with Crippen LogP contribution in [0.25, 0.3) is 21.9 Å². The summed E-state index contributed by atoms with van der Waals surface area (Å²) in [4.78, 5) is 13.3. The molecular weight excluding hydrogens is 401 g/mol. The van der Waals surface area contributed by atoms with Gasteiger partial charge in [-0.1, -0.05) is 0 Å². The van der Waals surface area contributed by atoms with Crippen LogP contribution in [0.15, 0.2) is 48.9 Å². The molecule has 0 saturated carbocycles. The molecule has 0 bridgehead atoms. The summed E-state index contributed by atoms with van der Waals surface area (Å²) in [7, 11) is 1.99. The number of nitrogens with zero attached hydrogens (tertiary/aromatic N) is 4. The molecule has 0 aliphatic carbocycles. The van der Waals surface area contributed by atoms with Crippen LogP contribution in [0.3, 0.4) is 0 Å². The van der Waals surface area contributed by atoms with E-state index in [9.17, 15) is 4.39 Å². The van der Waals surface area contributed by atoms with Crippen molar-refractivity contribution in [2.75, 3.05) is 45.0 Å². The van der Waals surface area contributed by atoms with E-state index in [1.54, 1.807) is 18.5 Å². The van der Waals surface area contributed by atoms with E-state index in [-0.39, 0.29) is 6.61 Å². The van der Waals surface area contributed by atoms with Gasteiger partial charge in [0.2, 0.25) is 0 Å². The Morgan fingerprint density at radius 2 is 1.77 bits per heavy atom. The van der Waals surface area contributed by atoms with Gasteiger partial charge in [-0.15, -0.1) is 0 Å². The molecule has 4 rings (SSSR count). The Kier molecular flexibility index (Phi) is 6.85. The highest BCUT2D eigenvalue weighted by molar-refractivity contribution is 6.06. The van der Waals surface area contributed by atoms with E-state index in [1.165, 1.54) is 0 Å². The van der Waals surface area contributed by atoms with Crippen molar-refractivity contribution in [3.63, 3.8) is 0 Å². The van der Waals surface area contributed by atoms with Gasteiger partial charge >= 0.3 is 0 Å². The molecule has 0 saturated heterocycles. The van der Waals surface area contributed by atoms with Crippen molar-refractivity contribution in [1.82, 2.24) is 19.5 Å². The summed E-state index contributed by atoms with van der Waals surface area (Å²) in [6, 6.07) is 9.52. The monoisotopic (exact) mass is 425 g/mol. The number of anilines is 2. The van der Waals surface area contributed by atoms with Crippen LogP contribution in [0.2, 0.25) is 0 Å². The Labute approximate surface area is 179 Å². The maximum atomic E-state index is 11.9. The van der Waals surface area contributed by atoms with Gasteiger partial charge in [0.05, 0.1) is 31.9 Å². The summed E-state index contributed by atoms with van der Waals surface area (Å²) in [5, 5.41) is 5.35. The Hall–Kier alpha value is -3.30. The largest absolute Gasteiger partial charge is 0.491 e. The van der Waals surface area contributed by atoms with E-state index < -0.39 is 6.67 Å². The highest BCUT2D eigenvalue weighted by Crippen LogP contribution is 2.28. The molecule has 4 aromatic heterocycles. The van der Waals surface area contributed by atoms with Crippen molar-refractivity contribution in [2.24, 2.45) is 7.05 Å². The van der Waals surface area contributed by atoms with E-state index in [0.717, 1.165) is 21.9 Å². The molecule has 31 heavy (non-hydrogen) atoms. The fraction of sp³-hybridized carbons (Fsp3) is 0.318. The van der Waals surface area contributed by atoms with Crippen molar-refractivity contribution < 1.29 is 18.6 Å². The van der Waals surface area contributed by atoms with Crippen LogP contribution < -0.4 is 10.1 Å². The lowest BCUT2D eigenvalue weighted by Gasteiger charge is -2.09. The minimum Gasteiger partial charge on any atom is -0.491 e. The second-order valence-electron chi connectivity index (χ2n) is 6.78. The third-order valence-corrected chi connectivity index (χ3v) is 4.72. The number of alkyl halides is 1. The molecule has 0 aliphatic heterocycles. The van der Waals surface area contributed by atoms with E-state index >= 15 is 0 Å². The molecule has 8 nitrogen and oxygen atoms in total. The van der Waals surface area contributed by atoms with E-state index in [2.05, 4.69) is 15.3 Å². The lowest BCUT2D eigenvalue weighted by atomic mass is 10.2. The van der Waals surface area contributed by atoms with Crippen LogP contribution >= 0.6 is 0 Å². The third-order valence-electron chi connectivity index (χ3n) is 4.72. The van der Waals surface area contributed by atoms with Gasteiger partial charge in [0.1, 0.15) is 36.3 Å². The summed E-state index contributed by atoms with van der Waals surface area (Å²) in [6.07, 6.45) is 5.31. The smallest absolute Gasteiger partial charge is 0.143 e. The molecule has 4 heterocycles. The minimum atomic E-state index is -0.482. The number of rotatable bonds is 11. The molecule has 0 atom stereocenters. The molecule has 0 radical (unpaired) electrons. The van der Waals surface area contributed by atoms with Crippen LogP contribution in [-0.2, 0) is 16.5 Å². The van der Waals surface area contributed by atoms with Crippen LogP contribution in [0.5, 0.6) is 5.75 Å². The first-order chi connectivity index (χ1) is 15.3. The standard InChI is InChI=1S/C22H24FN5O3/c1-28-19-5-7-24-15-18(19)17-2-3-20(27-22(17)28)26-21-14-16(4-8-25-21)31-13-12-30-11-10-29-9-6-23/h2-5,7-8,14-15H,6,9-13H2,1H3,(H,25,26,27). The molecule has 0 aromatic carbocycles. The molecule has 9 heteroatoms. The number of hydrogen-bond donors (Lipinski definition) is 1. The zero-order chi connectivity index (χ0) is 21.5. The first kappa shape index (κ1) is 21.0. The van der Waals surface area contributed by atoms with Crippen LogP contribution in [0.4, 0.5) is 16.0 Å². The first-order valence-electron chi connectivity index (χ1n) is 10.0. The highest BCUT2D eigenvalue weighted by Gasteiger charge is 2.10. The lowest BCUT2D eigenvalue weighted by molar-refractivity contribution is 0.0325. The molecule has 0 amide bonds. The van der Waals surface area contributed by atoms with Gasteiger partial charge in [-0.25, -0.2) is 14.4 Å². The van der Waals surface area contributed by atoms with Gasteiger partial charge < -0.3 is 24.1 Å². The third kappa shape index (κ3) is 5.07. The molecule has 4 aromatic rings. The van der Waals surface area contributed by atoms with E-state index in [0.29, 0.717) is 43.8 Å². The van der Waals surface area contributed by atoms with Gasteiger partial charge in [-0.2, -0.15) is 0 Å². The van der Waals surface area contributed by atoms with Gasteiger partial charge in [0.15, 0.2) is 0 Å². The number of hydrogen-bond acceptors (Lipinski definition) is 7. The van der Waals surface area contributed by atoms with Gasteiger partial charge in [0.25, 0.3) is 0 Å². The van der Waals surface area contributed by atoms with Crippen molar-refractivity contribution in [3.05, 3.63) is 48.9 Å². The maximum absolute atomic E-state index is 11.9. The normalized spacial score (nSPS) is 11.3. The van der Waals surface area contributed by atoms with Crippen molar-refractivity contribution in [1.29, 1.82) is 0 Å². The zero-order valence-electron chi connectivity index (χ0n) is 17.3. The number of halogens is 1. The van der Waals surface area contributed by atoms with E-state index in [1.807, 2.05) is 42.1 Å². The second kappa shape index (κ2) is 10.1. The molecule has 0 unspecified atom stereocenters. The van der Waals surface area contributed by atoms with Crippen molar-refractivity contribution in [3.8, 4) is 5.75 Å². The summed E-state index contributed by atoms with van der Waals surface area (Å²) in [5.41, 5.74) is 1.95. The summed E-state index contributed by atoms with van der Waals surface area (Å²) in [6.45, 7) is 1.21. The SMILES string of the molecule is Cn1c2ccncc2c2ccc(Nc3cc(OCCOCCOCCF)ccn3)nc21. The Morgan fingerprint density at radius 3 is 2.65 bits per heavy atom. The number of ether oxygens (including phenoxy) is 3. The van der Waals surface area contributed by atoms with Crippen LogP contribution in [-0.4, -0.2) is 59.2 Å². The quantitative estimate of drug-likeness (QED) is 0.367. The first-order valence-corrected chi connectivity index (χ1v) is 10.0. The molecule has 0 spiro atoms.